The quantitative estimate of drug-likeness (QED) is 0.182. The molecule has 3 rings (SSSR count). The van der Waals surface area contributed by atoms with E-state index < -0.39 is 5.97 Å². The van der Waals surface area contributed by atoms with E-state index in [0.717, 1.165) is 53.9 Å². The van der Waals surface area contributed by atoms with Gasteiger partial charge in [-0.05, 0) is 73.0 Å². The second-order valence-electron chi connectivity index (χ2n) is 13.9. The van der Waals surface area contributed by atoms with Crippen molar-refractivity contribution in [2.45, 2.75) is 107 Å². The molecular formula is C40H58N3O2+. The van der Waals surface area contributed by atoms with Crippen molar-refractivity contribution in [3.8, 4) is 6.07 Å². The molecule has 0 radical (unpaired) electrons. The maximum absolute atomic E-state index is 11.6. The molecule has 3 N–H and O–H groups in total. The number of benzene rings is 1. The number of carbonyl (C=O) groups is 1. The predicted molar refractivity (Wildman–Crippen MR) is 189 cm³/mol. The van der Waals surface area contributed by atoms with E-state index in [1.165, 1.54) is 16.8 Å². The highest BCUT2D eigenvalue weighted by Crippen LogP contribution is 2.50. The van der Waals surface area contributed by atoms with Gasteiger partial charge < -0.3 is 15.3 Å². The second-order valence-corrected chi connectivity index (χ2v) is 13.9. The van der Waals surface area contributed by atoms with Crippen LogP contribution in [0.5, 0.6) is 0 Å². The molecule has 1 aliphatic carbocycles. The van der Waals surface area contributed by atoms with Gasteiger partial charge in [0.15, 0.2) is 0 Å². The summed E-state index contributed by atoms with van der Waals surface area (Å²) in [6.07, 6.45) is 14.0. The zero-order valence-corrected chi connectivity index (χ0v) is 29.7. The molecule has 45 heavy (non-hydrogen) atoms. The monoisotopic (exact) mass is 612 g/mol. The fourth-order valence-electron chi connectivity index (χ4n) is 6.73. The van der Waals surface area contributed by atoms with Crippen molar-refractivity contribution < 1.29 is 15.2 Å². The lowest BCUT2D eigenvalue weighted by atomic mass is 9.71. The summed E-state index contributed by atoms with van der Waals surface area (Å²) in [5, 5.41) is 22.3. The summed E-state index contributed by atoms with van der Waals surface area (Å²) < 4.78 is 0. The molecule has 2 aliphatic rings. The minimum absolute atomic E-state index is 0.0228. The number of allylic oxidation sites excluding steroid dienone is 9. The topological polar surface area (TPSA) is 80.9 Å². The summed E-state index contributed by atoms with van der Waals surface area (Å²) in [4.78, 5) is 13.7. The molecule has 0 saturated heterocycles. The van der Waals surface area contributed by atoms with Crippen LogP contribution >= 0.6 is 0 Å². The number of aliphatic carboxylic acids is 1. The number of rotatable bonds is 12. The zero-order valence-electron chi connectivity index (χ0n) is 29.7. The van der Waals surface area contributed by atoms with Crippen molar-refractivity contribution in [1.82, 2.24) is 4.90 Å². The number of nitrogens with two attached hydrogens (primary N) is 1. The smallest absolute Gasteiger partial charge is 0.305 e. The van der Waals surface area contributed by atoms with Gasteiger partial charge in [-0.25, -0.2) is 0 Å². The molecule has 0 atom stereocenters. The third-order valence-corrected chi connectivity index (χ3v) is 8.76. The molecule has 244 valence electrons. The molecule has 1 aromatic rings. The highest BCUT2D eigenvalue weighted by Gasteiger charge is 2.41. The number of nitriles is 1. The van der Waals surface area contributed by atoms with Crippen LogP contribution in [0.3, 0.4) is 0 Å². The van der Waals surface area contributed by atoms with Crippen molar-refractivity contribution in [3.05, 3.63) is 100 Å². The van der Waals surface area contributed by atoms with Crippen LogP contribution in [-0.2, 0) is 10.2 Å². The highest BCUT2D eigenvalue weighted by molar-refractivity contribution is 5.67. The van der Waals surface area contributed by atoms with Crippen LogP contribution in [0.4, 0.5) is 5.69 Å². The summed E-state index contributed by atoms with van der Waals surface area (Å²) in [6.45, 7) is 27.1. The van der Waals surface area contributed by atoms with E-state index in [2.05, 4.69) is 114 Å². The van der Waals surface area contributed by atoms with Gasteiger partial charge in [0, 0.05) is 39.9 Å². The fraction of sp³-hybridized carbons (Fsp3) is 0.500. The van der Waals surface area contributed by atoms with E-state index in [9.17, 15) is 15.2 Å². The normalized spacial score (nSPS) is 19.6. The van der Waals surface area contributed by atoms with Crippen molar-refractivity contribution in [2.24, 2.45) is 10.8 Å². The second kappa shape index (κ2) is 16.1. The van der Waals surface area contributed by atoms with Gasteiger partial charge in [0.1, 0.15) is 5.69 Å². The number of hydrogen-bond donors (Lipinski definition) is 2. The zero-order chi connectivity index (χ0) is 34.0. The lowest BCUT2D eigenvalue weighted by Crippen LogP contribution is -2.78. The minimum Gasteiger partial charge on any atom is -0.481 e. The molecule has 0 unspecified atom stereocenters. The van der Waals surface area contributed by atoms with Gasteiger partial charge in [0.25, 0.3) is 0 Å². The van der Waals surface area contributed by atoms with Crippen LogP contribution in [0.25, 0.3) is 0 Å². The molecule has 0 amide bonds. The van der Waals surface area contributed by atoms with Crippen LogP contribution in [0.2, 0.25) is 0 Å². The molecule has 5 nitrogen and oxygen atoms in total. The van der Waals surface area contributed by atoms with Crippen LogP contribution in [0, 0.1) is 22.2 Å². The highest BCUT2D eigenvalue weighted by atomic mass is 16.4. The maximum Gasteiger partial charge on any atom is 0.305 e. The van der Waals surface area contributed by atoms with E-state index in [0.29, 0.717) is 13.0 Å². The molecular weight excluding hydrogens is 554 g/mol. The van der Waals surface area contributed by atoms with Crippen molar-refractivity contribution >= 4 is 11.7 Å². The Hall–Kier alpha value is -3.62. The van der Waals surface area contributed by atoms with Crippen LogP contribution in [-0.4, -0.2) is 29.1 Å². The summed E-state index contributed by atoms with van der Waals surface area (Å²) in [5.74, 6) is -0.821. The number of nitrogens with zero attached hydrogens (tertiary/aromatic N) is 2. The van der Waals surface area contributed by atoms with Gasteiger partial charge in [-0.2, -0.15) is 5.26 Å². The van der Waals surface area contributed by atoms with Crippen molar-refractivity contribution in [1.29, 1.82) is 5.26 Å². The molecule has 1 heterocycles. The van der Waals surface area contributed by atoms with Gasteiger partial charge in [0.2, 0.25) is 0 Å². The standard InChI is InChI=1S/C38H51N3O2.C2H6/c1-10-15-31-33(12-3)41(20-18-35(42)43)34(38(31,8)9)22-27-21-28(24-36(4,5)23-27)29(26-39)25-37(6,7)30-16-13-14-17-32(30)40-19-11-2;1-2/h10,12-17,21-22,40H,3,11,18-20,23-25H2,1-2,4-9H3,(H,42,43);1-2H3/p+1/b15-10-,29-28+,34-22+;. The molecule has 5 heteroatoms. The average molecular weight is 613 g/mol. The van der Waals surface area contributed by atoms with E-state index in [1.807, 2.05) is 32.9 Å². The fourth-order valence-corrected chi connectivity index (χ4v) is 6.73. The van der Waals surface area contributed by atoms with Crippen molar-refractivity contribution in [2.75, 3.05) is 13.1 Å². The van der Waals surface area contributed by atoms with Gasteiger partial charge >= 0.3 is 5.97 Å². The molecule has 1 aliphatic heterocycles. The number of carboxylic acids is 1. The van der Waals surface area contributed by atoms with E-state index in [-0.39, 0.29) is 22.7 Å². The third kappa shape index (κ3) is 9.21. The first-order valence-electron chi connectivity index (χ1n) is 16.7. The molecule has 0 saturated carbocycles. The number of hydrogen-bond acceptors (Lipinski definition) is 3. The Labute approximate surface area is 273 Å². The van der Waals surface area contributed by atoms with Gasteiger partial charge in [-0.1, -0.05) is 105 Å². The van der Waals surface area contributed by atoms with Gasteiger partial charge in [-0.15, -0.1) is 0 Å². The molecule has 0 bridgehead atoms. The first-order chi connectivity index (χ1) is 21.2. The Kier molecular flexibility index (Phi) is 13.4. The first kappa shape index (κ1) is 37.6. The summed E-state index contributed by atoms with van der Waals surface area (Å²) in [7, 11) is 0. The van der Waals surface area contributed by atoms with E-state index in [4.69, 9.17) is 0 Å². The first-order valence-corrected chi connectivity index (χ1v) is 16.7. The summed E-state index contributed by atoms with van der Waals surface area (Å²) in [5.41, 5.74) is 8.24. The third-order valence-electron chi connectivity index (χ3n) is 8.76. The van der Waals surface area contributed by atoms with Crippen LogP contribution < -0.4 is 5.32 Å². The maximum atomic E-state index is 11.6. The molecule has 1 aromatic carbocycles. The minimum atomic E-state index is -0.821. The number of quaternary nitrogens is 1. The lowest BCUT2D eigenvalue weighted by Gasteiger charge is -2.34. The Morgan fingerprint density at radius 2 is 1.84 bits per heavy atom. The van der Waals surface area contributed by atoms with Gasteiger partial charge in [0.05, 0.1) is 19.0 Å². The summed E-state index contributed by atoms with van der Waals surface area (Å²) in [6, 6.07) is 11.2. The number of carboxylic acid groups (broad SMARTS) is 1. The Balaban J connectivity index is 0.00000345. The average Bonchev–Trinajstić information content (AvgIpc) is 3.18. The van der Waals surface area contributed by atoms with E-state index >= 15 is 0 Å². The predicted octanol–water partition coefficient (Wildman–Crippen LogP) is 9.27. The summed E-state index contributed by atoms with van der Waals surface area (Å²) >= 11 is 0. The van der Waals surface area contributed by atoms with Crippen molar-refractivity contribution in [3.63, 3.8) is 0 Å². The van der Waals surface area contributed by atoms with E-state index in [1.54, 1.807) is 0 Å². The lowest BCUT2D eigenvalue weighted by molar-refractivity contribution is -0.572. The van der Waals surface area contributed by atoms with Crippen LogP contribution in [0.15, 0.2) is 94.9 Å². The SMILES string of the molecule is C=CC1=C(/C=C\C)C(C)(C)/C(=C\C2=CC(=C(\C#N)CC(C)(C)c3ccccc3[NH2+]CCC)/CC(C)(C)C2)N1CCC(=O)O.CC. The largest absolute Gasteiger partial charge is 0.481 e. The Morgan fingerprint density at radius 1 is 1.18 bits per heavy atom. The molecule has 0 aromatic heterocycles. The molecule has 0 spiro atoms. The van der Waals surface area contributed by atoms with Crippen LogP contribution in [0.1, 0.15) is 107 Å². The number of para-hydroxylation sites is 1. The molecule has 0 fully saturated rings. The Bertz CT molecular complexity index is 1420. The van der Waals surface area contributed by atoms with Gasteiger partial charge in [-0.3, -0.25) is 4.79 Å². The Morgan fingerprint density at radius 3 is 2.42 bits per heavy atom.